The summed E-state index contributed by atoms with van der Waals surface area (Å²) >= 11 is 0. The average Bonchev–Trinajstić information content (AvgIpc) is 2.88. The maximum absolute atomic E-state index is 12.0. The Labute approximate surface area is 119 Å². The van der Waals surface area contributed by atoms with Crippen LogP contribution in [-0.4, -0.2) is 16.1 Å². The topological polar surface area (TPSA) is 57.8 Å². The number of aromatic nitrogens is 2. The molecule has 0 radical (unpaired) electrons. The van der Waals surface area contributed by atoms with Gasteiger partial charge in [-0.1, -0.05) is 32.9 Å². The van der Waals surface area contributed by atoms with Gasteiger partial charge >= 0.3 is 0 Å². The number of hydrogen-bond donors (Lipinski definition) is 2. The second-order valence-electron chi connectivity index (χ2n) is 6.20. The highest BCUT2D eigenvalue weighted by molar-refractivity contribution is 5.94. The van der Waals surface area contributed by atoms with E-state index in [4.69, 9.17) is 0 Å². The third kappa shape index (κ3) is 4.23. The molecule has 20 heavy (non-hydrogen) atoms. The average molecular weight is 271 g/mol. The Morgan fingerprint density at radius 3 is 2.45 bits per heavy atom. The van der Waals surface area contributed by atoms with Crippen LogP contribution >= 0.6 is 0 Å². The van der Waals surface area contributed by atoms with Crippen molar-refractivity contribution in [2.75, 3.05) is 0 Å². The van der Waals surface area contributed by atoms with Gasteiger partial charge in [-0.25, -0.2) is 0 Å². The summed E-state index contributed by atoms with van der Waals surface area (Å²) in [5.41, 5.74) is 3.08. The van der Waals surface area contributed by atoms with Gasteiger partial charge in [0.05, 0.1) is 12.2 Å². The van der Waals surface area contributed by atoms with Gasteiger partial charge in [0.25, 0.3) is 5.91 Å². The molecule has 4 nitrogen and oxygen atoms in total. The number of H-pyrrole nitrogens is 1. The lowest BCUT2D eigenvalue weighted by Gasteiger charge is -2.18. The molecule has 106 valence electrons. The van der Waals surface area contributed by atoms with Gasteiger partial charge in [0.15, 0.2) is 0 Å². The van der Waals surface area contributed by atoms with Crippen LogP contribution in [0.2, 0.25) is 0 Å². The van der Waals surface area contributed by atoms with Crippen molar-refractivity contribution in [1.29, 1.82) is 0 Å². The highest BCUT2D eigenvalue weighted by atomic mass is 16.1. The van der Waals surface area contributed by atoms with E-state index in [1.165, 1.54) is 5.56 Å². The summed E-state index contributed by atoms with van der Waals surface area (Å²) in [5.74, 6) is -0.0677. The Morgan fingerprint density at radius 2 is 1.90 bits per heavy atom. The van der Waals surface area contributed by atoms with Crippen molar-refractivity contribution in [2.24, 2.45) is 5.41 Å². The molecule has 1 aromatic heterocycles. The molecule has 0 aliphatic rings. The molecule has 0 saturated carbocycles. The molecule has 0 spiro atoms. The molecular weight excluding hydrogens is 250 g/mol. The zero-order chi connectivity index (χ0) is 14.6. The number of amides is 1. The minimum absolute atomic E-state index is 0.0677. The Bertz CT molecular complexity index is 550. The first-order valence-corrected chi connectivity index (χ1v) is 6.79. The fourth-order valence-electron chi connectivity index (χ4n) is 2.05. The van der Waals surface area contributed by atoms with Gasteiger partial charge in [0.2, 0.25) is 0 Å². The highest BCUT2D eigenvalue weighted by Crippen LogP contribution is 2.20. The van der Waals surface area contributed by atoms with E-state index in [0.717, 1.165) is 12.1 Å². The van der Waals surface area contributed by atoms with Crippen LogP contribution in [0.25, 0.3) is 0 Å². The van der Waals surface area contributed by atoms with Gasteiger partial charge in [0.1, 0.15) is 0 Å². The number of benzene rings is 1. The molecule has 4 heteroatoms. The zero-order valence-corrected chi connectivity index (χ0v) is 12.2. The fraction of sp³-hybridized carbons (Fsp3) is 0.375. The Balaban J connectivity index is 1.93. The van der Waals surface area contributed by atoms with Crippen LogP contribution in [0, 0.1) is 5.41 Å². The van der Waals surface area contributed by atoms with Gasteiger partial charge in [-0.3, -0.25) is 9.89 Å². The molecule has 0 saturated heterocycles. The predicted octanol–water partition coefficient (Wildman–Crippen LogP) is 2.93. The molecule has 0 unspecified atom stereocenters. The summed E-state index contributed by atoms with van der Waals surface area (Å²) in [7, 11) is 0. The molecule has 2 N–H and O–H groups in total. The summed E-state index contributed by atoms with van der Waals surface area (Å²) in [6, 6.07) is 9.65. The Hall–Kier alpha value is -2.10. The third-order valence-electron chi connectivity index (χ3n) is 2.95. The number of aromatic amines is 1. The monoisotopic (exact) mass is 271 g/mol. The van der Waals surface area contributed by atoms with E-state index in [0.29, 0.717) is 12.1 Å². The van der Waals surface area contributed by atoms with Gasteiger partial charge < -0.3 is 5.32 Å². The summed E-state index contributed by atoms with van der Waals surface area (Å²) < 4.78 is 0. The molecule has 0 aliphatic carbocycles. The number of carbonyl (C=O) groups excluding carboxylic acids is 1. The fourth-order valence-corrected chi connectivity index (χ4v) is 2.05. The van der Waals surface area contributed by atoms with Crippen molar-refractivity contribution in [2.45, 2.75) is 33.7 Å². The number of rotatable bonds is 4. The molecule has 1 heterocycles. The lowest BCUT2D eigenvalue weighted by atomic mass is 9.88. The summed E-state index contributed by atoms with van der Waals surface area (Å²) in [4.78, 5) is 12.0. The number of nitrogens with zero attached hydrogens (tertiary/aromatic N) is 1. The largest absolute Gasteiger partial charge is 0.346 e. The van der Waals surface area contributed by atoms with Crippen molar-refractivity contribution in [3.8, 4) is 0 Å². The third-order valence-corrected chi connectivity index (χ3v) is 2.95. The van der Waals surface area contributed by atoms with E-state index in [-0.39, 0.29) is 11.3 Å². The lowest BCUT2D eigenvalue weighted by Crippen LogP contribution is -2.23. The second kappa shape index (κ2) is 5.90. The van der Waals surface area contributed by atoms with E-state index < -0.39 is 0 Å². The van der Waals surface area contributed by atoms with Crippen LogP contribution in [0.15, 0.2) is 36.5 Å². The lowest BCUT2D eigenvalue weighted by molar-refractivity contribution is 0.0950. The van der Waals surface area contributed by atoms with Crippen LogP contribution in [0.3, 0.4) is 0 Å². The van der Waals surface area contributed by atoms with Crippen molar-refractivity contribution in [1.82, 2.24) is 15.5 Å². The summed E-state index contributed by atoms with van der Waals surface area (Å²) in [6.07, 6.45) is 2.67. The van der Waals surface area contributed by atoms with Crippen LogP contribution in [0.5, 0.6) is 0 Å². The molecule has 1 aromatic carbocycles. The van der Waals surface area contributed by atoms with Crippen LogP contribution in [-0.2, 0) is 13.0 Å². The first-order chi connectivity index (χ1) is 9.44. The van der Waals surface area contributed by atoms with E-state index >= 15 is 0 Å². The first kappa shape index (κ1) is 14.3. The normalized spacial score (nSPS) is 11.3. The molecule has 1 amide bonds. The van der Waals surface area contributed by atoms with Gasteiger partial charge in [-0.05, 0) is 35.6 Å². The van der Waals surface area contributed by atoms with Crippen molar-refractivity contribution in [3.63, 3.8) is 0 Å². The molecule has 2 rings (SSSR count). The van der Waals surface area contributed by atoms with Crippen LogP contribution in [0.4, 0.5) is 0 Å². The quantitative estimate of drug-likeness (QED) is 0.898. The van der Waals surface area contributed by atoms with Crippen molar-refractivity contribution >= 4 is 5.91 Å². The second-order valence-corrected chi connectivity index (χ2v) is 6.20. The summed E-state index contributed by atoms with van der Waals surface area (Å²) in [5, 5.41) is 9.52. The Morgan fingerprint density at radius 1 is 1.20 bits per heavy atom. The maximum atomic E-state index is 12.0. The molecule has 2 aromatic rings. The van der Waals surface area contributed by atoms with Gasteiger partial charge in [-0.2, -0.15) is 5.10 Å². The molecule has 0 atom stereocenters. The maximum Gasteiger partial charge on any atom is 0.251 e. The number of nitrogens with one attached hydrogen (secondary N) is 2. The highest BCUT2D eigenvalue weighted by Gasteiger charge is 2.12. The van der Waals surface area contributed by atoms with Crippen molar-refractivity contribution < 1.29 is 4.79 Å². The standard InChI is InChI=1S/C16H21N3O/c1-16(2,3)10-12-4-6-13(7-5-12)15(20)17-11-14-8-9-18-19-14/h4-9H,10-11H2,1-3H3,(H,17,20)(H,18,19). The van der Waals surface area contributed by atoms with Crippen LogP contribution < -0.4 is 5.32 Å². The molecule has 0 aliphatic heterocycles. The molecular formula is C16H21N3O. The molecule has 0 fully saturated rings. The van der Waals surface area contributed by atoms with E-state index in [1.807, 2.05) is 30.3 Å². The predicted molar refractivity (Wildman–Crippen MR) is 79.4 cm³/mol. The number of carbonyl (C=O) groups is 1. The van der Waals surface area contributed by atoms with Gasteiger partial charge in [-0.15, -0.1) is 0 Å². The van der Waals surface area contributed by atoms with Crippen molar-refractivity contribution in [3.05, 3.63) is 53.3 Å². The van der Waals surface area contributed by atoms with Gasteiger partial charge in [0, 0.05) is 11.8 Å². The molecule has 0 bridgehead atoms. The summed E-state index contributed by atoms with van der Waals surface area (Å²) in [6.45, 7) is 7.08. The van der Waals surface area contributed by atoms with Crippen LogP contribution in [0.1, 0.15) is 42.4 Å². The van der Waals surface area contributed by atoms with E-state index in [9.17, 15) is 4.79 Å². The zero-order valence-electron chi connectivity index (χ0n) is 12.2. The smallest absolute Gasteiger partial charge is 0.251 e. The first-order valence-electron chi connectivity index (χ1n) is 6.79. The SMILES string of the molecule is CC(C)(C)Cc1ccc(C(=O)NCc2ccn[nH]2)cc1. The minimum atomic E-state index is -0.0677. The van der Waals surface area contributed by atoms with E-state index in [2.05, 4.69) is 36.3 Å². The van der Waals surface area contributed by atoms with E-state index in [1.54, 1.807) is 6.20 Å². The Kier molecular flexibility index (Phi) is 4.23. The number of hydrogen-bond acceptors (Lipinski definition) is 2. The minimum Gasteiger partial charge on any atom is -0.346 e.